The van der Waals surface area contributed by atoms with Crippen LogP contribution < -0.4 is 10.0 Å². The van der Waals surface area contributed by atoms with Crippen LogP contribution in [0.2, 0.25) is 0 Å². The lowest BCUT2D eigenvalue weighted by Crippen LogP contribution is -2.46. The largest absolute Gasteiger partial charge is 0.454 e. The van der Waals surface area contributed by atoms with E-state index in [4.69, 9.17) is 4.74 Å². The number of hydrogen-bond acceptors (Lipinski definition) is 5. The van der Waals surface area contributed by atoms with E-state index in [1.807, 2.05) is 13.0 Å². The summed E-state index contributed by atoms with van der Waals surface area (Å²) < 4.78 is 46.0. The van der Waals surface area contributed by atoms with Crippen molar-refractivity contribution in [2.75, 3.05) is 11.9 Å². The van der Waals surface area contributed by atoms with Gasteiger partial charge < -0.3 is 10.1 Å². The quantitative estimate of drug-likeness (QED) is 0.589. The maximum absolute atomic E-state index is 13.9. The van der Waals surface area contributed by atoms with Crippen molar-refractivity contribution in [2.45, 2.75) is 38.1 Å². The molecule has 0 aliphatic rings. The number of anilines is 1. The van der Waals surface area contributed by atoms with Crippen LogP contribution in [0.3, 0.4) is 0 Å². The van der Waals surface area contributed by atoms with E-state index in [-0.39, 0.29) is 0 Å². The van der Waals surface area contributed by atoms with Crippen molar-refractivity contribution in [2.24, 2.45) is 5.92 Å². The summed E-state index contributed by atoms with van der Waals surface area (Å²) in [4.78, 5) is 23.9. The summed E-state index contributed by atoms with van der Waals surface area (Å²) in [5, 5.41) is 2.62. The van der Waals surface area contributed by atoms with Crippen LogP contribution in [-0.4, -0.2) is 32.9 Å². The molecule has 0 heterocycles. The van der Waals surface area contributed by atoms with Gasteiger partial charge in [-0.25, -0.2) is 12.8 Å². The molecule has 7 nitrogen and oxygen atoms in total. The predicted molar refractivity (Wildman–Crippen MR) is 111 cm³/mol. The molecule has 0 spiro atoms. The van der Waals surface area contributed by atoms with E-state index < -0.39 is 51.2 Å². The fourth-order valence-corrected chi connectivity index (χ4v) is 4.05. The smallest absolute Gasteiger partial charge is 0.324 e. The Balaban J connectivity index is 2.01. The second-order valence-electron chi connectivity index (χ2n) is 6.98. The van der Waals surface area contributed by atoms with E-state index in [0.29, 0.717) is 5.69 Å². The second kappa shape index (κ2) is 10.3. The molecule has 30 heavy (non-hydrogen) atoms. The van der Waals surface area contributed by atoms with Crippen LogP contribution in [0.4, 0.5) is 10.1 Å². The second-order valence-corrected chi connectivity index (χ2v) is 8.67. The number of carbonyl (C=O) groups is 2. The summed E-state index contributed by atoms with van der Waals surface area (Å²) in [7, 11) is -4.30. The van der Waals surface area contributed by atoms with E-state index in [9.17, 15) is 22.4 Å². The van der Waals surface area contributed by atoms with Gasteiger partial charge in [0.05, 0.1) is 0 Å². The number of amides is 1. The Bertz CT molecular complexity index is 1010. The number of sulfonamides is 1. The first kappa shape index (κ1) is 23.5. The fourth-order valence-electron chi connectivity index (χ4n) is 2.64. The fraction of sp³-hybridized carbons (Fsp3) is 0.333. The van der Waals surface area contributed by atoms with E-state index in [2.05, 4.69) is 10.0 Å². The monoisotopic (exact) mass is 436 g/mol. The molecule has 0 bridgehead atoms. The first-order valence-corrected chi connectivity index (χ1v) is 10.9. The molecule has 162 valence electrons. The zero-order valence-corrected chi connectivity index (χ0v) is 17.8. The van der Waals surface area contributed by atoms with Crippen molar-refractivity contribution in [3.8, 4) is 0 Å². The van der Waals surface area contributed by atoms with Crippen LogP contribution in [-0.2, 0) is 30.8 Å². The average molecular weight is 437 g/mol. The van der Waals surface area contributed by atoms with Crippen molar-refractivity contribution in [3.63, 3.8) is 0 Å². The third-order valence-corrected chi connectivity index (χ3v) is 5.77. The standard InChI is InChI=1S/C21H25FN2O5S/c1-4-15-8-7-9-16(12-15)23-19(25)13-29-21(26)20(14(2)3)24-30(27,28)18-11-6-5-10-17(18)22/h5-12,14,20,24H,4,13H2,1-3H3,(H,23,25). The summed E-state index contributed by atoms with van der Waals surface area (Å²) in [5.74, 6) is -2.92. The van der Waals surface area contributed by atoms with Gasteiger partial charge in [-0.15, -0.1) is 0 Å². The average Bonchev–Trinajstić information content (AvgIpc) is 2.70. The molecule has 0 saturated carbocycles. The van der Waals surface area contributed by atoms with Gasteiger partial charge in [0.25, 0.3) is 5.91 Å². The van der Waals surface area contributed by atoms with Gasteiger partial charge in [-0.1, -0.05) is 45.0 Å². The van der Waals surface area contributed by atoms with Crippen LogP contribution in [0.1, 0.15) is 26.3 Å². The first-order chi connectivity index (χ1) is 14.1. The lowest BCUT2D eigenvalue weighted by atomic mass is 10.1. The number of esters is 1. The Kier molecular flexibility index (Phi) is 8.08. The summed E-state index contributed by atoms with van der Waals surface area (Å²) in [6.07, 6.45) is 0.802. The predicted octanol–water partition coefficient (Wildman–Crippen LogP) is 2.87. The number of ether oxygens (including phenoxy) is 1. The Morgan fingerprint density at radius 2 is 1.80 bits per heavy atom. The molecule has 2 N–H and O–H groups in total. The minimum absolute atomic E-state index is 0.497. The van der Waals surface area contributed by atoms with E-state index in [1.54, 1.807) is 32.0 Å². The highest BCUT2D eigenvalue weighted by Crippen LogP contribution is 2.16. The van der Waals surface area contributed by atoms with Gasteiger partial charge in [-0.2, -0.15) is 4.72 Å². The molecule has 0 radical (unpaired) electrons. The van der Waals surface area contributed by atoms with Gasteiger partial charge in [-0.3, -0.25) is 9.59 Å². The highest BCUT2D eigenvalue weighted by molar-refractivity contribution is 7.89. The maximum atomic E-state index is 13.9. The molecule has 0 saturated heterocycles. The number of aryl methyl sites for hydroxylation is 1. The van der Waals surface area contributed by atoms with Crippen LogP contribution in [0.25, 0.3) is 0 Å². The number of hydrogen-bond donors (Lipinski definition) is 2. The minimum atomic E-state index is -4.30. The van der Waals surface area contributed by atoms with Gasteiger partial charge >= 0.3 is 5.97 Å². The van der Waals surface area contributed by atoms with Crippen molar-refractivity contribution < 1.29 is 27.1 Å². The Morgan fingerprint density at radius 3 is 2.43 bits per heavy atom. The Morgan fingerprint density at radius 1 is 1.10 bits per heavy atom. The molecule has 9 heteroatoms. The van der Waals surface area contributed by atoms with Gasteiger partial charge in [0.15, 0.2) is 6.61 Å². The number of nitrogens with one attached hydrogen (secondary N) is 2. The maximum Gasteiger partial charge on any atom is 0.324 e. The summed E-state index contributed by atoms with van der Waals surface area (Å²) in [6, 6.07) is 10.8. The van der Waals surface area contributed by atoms with E-state index in [1.165, 1.54) is 12.1 Å². The molecular formula is C21H25FN2O5S. The lowest BCUT2D eigenvalue weighted by molar-refractivity contribution is -0.150. The molecule has 1 amide bonds. The molecule has 2 rings (SSSR count). The third kappa shape index (κ3) is 6.36. The molecule has 0 aliphatic heterocycles. The van der Waals surface area contributed by atoms with E-state index >= 15 is 0 Å². The van der Waals surface area contributed by atoms with Crippen LogP contribution in [0.5, 0.6) is 0 Å². The van der Waals surface area contributed by atoms with Gasteiger partial charge in [0.1, 0.15) is 16.8 Å². The van der Waals surface area contributed by atoms with Crippen molar-refractivity contribution in [3.05, 3.63) is 59.9 Å². The van der Waals surface area contributed by atoms with Gasteiger partial charge in [0, 0.05) is 5.69 Å². The molecule has 0 aliphatic carbocycles. The summed E-state index contributed by atoms with van der Waals surface area (Å²) >= 11 is 0. The van der Waals surface area contributed by atoms with Crippen LogP contribution in [0.15, 0.2) is 53.4 Å². The molecular weight excluding hydrogens is 411 g/mol. The normalized spacial score (nSPS) is 12.4. The molecule has 1 atom stereocenters. The molecule has 2 aromatic rings. The molecule has 0 fully saturated rings. The minimum Gasteiger partial charge on any atom is -0.454 e. The van der Waals surface area contributed by atoms with E-state index in [0.717, 1.165) is 24.1 Å². The number of benzene rings is 2. The highest BCUT2D eigenvalue weighted by Gasteiger charge is 2.31. The van der Waals surface area contributed by atoms with Crippen LogP contribution >= 0.6 is 0 Å². The third-order valence-electron chi connectivity index (χ3n) is 4.29. The zero-order valence-electron chi connectivity index (χ0n) is 17.0. The molecule has 0 aromatic heterocycles. The number of halogens is 1. The van der Waals surface area contributed by atoms with Crippen molar-refractivity contribution in [1.29, 1.82) is 0 Å². The zero-order chi connectivity index (χ0) is 22.3. The molecule has 1 unspecified atom stereocenters. The first-order valence-electron chi connectivity index (χ1n) is 9.46. The van der Waals surface area contributed by atoms with Crippen molar-refractivity contribution >= 4 is 27.6 Å². The Labute approximate surface area is 175 Å². The van der Waals surface area contributed by atoms with Crippen LogP contribution in [0, 0.1) is 11.7 Å². The highest BCUT2D eigenvalue weighted by atomic mass is 32.2. The van der Waals surface area contributed by atoms with Gasteiger partial charge in [-0.05, 0) is 42.2 Å². The topological polar surface area (TPSA) is 102 Å². The summed E-state index contributed by atoms with van der Waals surface area (Å²) in [5.41, 5.74) is 1.60. The Hall–Kier alpha value is -2.78. The number of rotatable bonds is 9. The SMILES string of the molecule is CCc1cccc(NC(=O)COC(=O)C(NS(=O)(=O)c2ccccc2F)C(C)C)c1. The lowest BCUT2D eigenvalue weighted by Gasteiger charge is -2.21. The molecule has 2 aromatic carbocycles. The number of carbonyl (C=O) groups excluding carboxylic acids is 2. The van der Waals surface area contributed by atoms with Gasteiger partial charge in [0.2, 0.25) is 10.0 Å². The summed E-state index contributed by atoms with van der Waals surface area (Å²) in [6.45, 7) is 4.61. The van der Waals surface area contributed by atoms with Crippen molar-refractivity contribution in [1.82, 2.24) is 4.72 Å².